The van der Waals surface area contributed by atoms with Crippen LogP contribution in [0.2, 0.25) is 0 Å². The monoisotopic (exact) mass is 334 g/mol. The van der Waals surface area contributed by atoms with Crippen molar-refractivity contribution in [3.63, 3.8) is 0 Å². The third-order valence-corrected chi connectivity index (χ3v) is 9.88. The summed E-state index contributed by atoms with van der Waals surface area (Å²) in [6.07, 6.45) is 7.92. The van der Waals surface area contributed by atoms with Crippen LogP contribution in [-0.2, 0) is 4.79 Å². The molecular weight excluding hydrogens is 300 g/mol. The Balaban J connectivity index is 1.80. The first-order valence-corrected chi connectivity index (χ1v) is 9.91. The summed E-state index contributed by atoms with van der Waals surface area (Å²) < 4.78 is 0. The normalized spacial score (nSPS) is 55.8. The van der Waals surface area contributed by atoms with E-state index in [9.17, 15) is 15.0 Å². The lowest BCUT2D eigenvalue weighted by molar-refractivity contribution is -0.284. The number of carbonyl (C=O) groups excluding carboxylic acids is 1. The van der Waals surface area contributed by atoms with Crippen molar-refractivity contribution >= 4 is 5.78 Å². The smallest absolute Gasteiger partial charge is 0.138 e. The molecule has 0 amide bonds. The second kappa shape index (κ2) is 4.65. The highest BCUT2D eigenvalue weighted by Gasteiger charge is 2.72. The Bertz CT molecular complexity index is 584. The van der Waals surface area contributed by atoms with Gasteiger partial charge in [0.15, 0.2) is 0 Å². The zero-order chi connectivity index (χ0) is 17.6. The molecule has 5 aliphatic rings. The minimum absolute atomic E-state index is 0.0976. The molecule has 0 aromatic heterocycles. The van der Waals surface area contributed by atoms with E-state index in [2.05, 4.69) is 27.7 Å². The van der Waals surface area contributed by atoms with Crippen LogP contribution in [0.5, 0.6) is 0 Å². The third kappa shape index (κ3) is 1.69. The van der Waals surface area contributed by atoms with Gasteiger partial charge < -0.3 is 10.2 Å². The summed E-state index contributed by atoms with van der Waals surface area (Å²) in [4.78, 5) is 12.6. The predicted molar refractivity (Wildman–Crippen MR) is 93.4 cm³/mol. The highest BCUT2D eigenvalue weighted by Crippen LogP contribution is 2.77. The van der Waals surface area contributed by atoms with Crippen LogP contribution >= 0.6 is 0 Å². The molecule has 5 aliphatic carbocycles. The summed E-state index contributed by atoms with van der Waals surface area (Å²) in [5.74, 6) is 1.10. The van der Waals surface area contributed by atoms with Crippen molar-refractivity contribution in [1.29, 1.82) is 0 Å². The molecule has 6 atom stereocenters. The fourth-order valence-corrected chi connectivity index (χ4v) is 8.14. The SMILES string of the molecule is CC1(C)C(=O)CC[C@]2(C)C1CC[C@@]13CC[C@H](C[C@]12C)[C@](O)(CO)C3. The largest absolute Gasteiger partial charge is 0.393 e. The number of aliphatic hydroxyl groups excluding tert-OH is 1. The second-order valence-corrected chi connectivity index (χ2v) is 10.6. The molecule has 0 aromatic carbocycles. The molecule has 1 unspecified atom stereocenters. The van der Waals surface area contributed by atoms with Crippen LogP contribution in [0.1, 0.15) is 79.1 Å². The van der Waals surface area contributed by atoms with E-state index in [4.69, 9.17) is 0 Å². The van der Waals surface area contributed by atoms with Crippen molar-refractivity contribution in [3.05, 3.63) is 0 Å². The van der Waals surface area contributed by atoms with Crippen molar-refractivity contribution in [2.45, 2.75) is 84.7 Å². The van der Waals surface area contributed by atoms with Gasteiger partial charge in [-0.25, -0.2) is 0 Å². The Morgan fingerprint density at radius 1 is 1.08 bits per heavy atom. The van der Waals surface area contributed by atoms with Crippen molar-refractivity contribution in [1.82, 2.24) is 0 Å². The summed E-state index contributed by atoms with van der Waals surface area (Å²) in [6.45, 7) is 9.16. The molecule has 2 N–H and O–H groups in total. The van der Waals surface area contributed by atoms with Gasteiger partial charge in [-0.15, -0.1) is 0 Å². The topological polar surface area (TPSA) is 57.5 Å². The van der Waals surface area contributed by atoms with Crippen LogP contribution in [0.3, 0.4) is 0 Å². The maximum atomic E-state index is 12.6. The Morgan fingerprint density at radius 3 is 2.42 bits per heavy atom. The molecule has 1 spiro atoms. The molecule has 5 fully saturated rings. The Kier molecular flexibility index (Phi) is 3.30. The number of hydrogen-bond acceptors (Lipinski definition) is 3. The summed E-state index contributed by atoms with van der Waals surface area (Å²) >= 11 is 0. The Labute approximate surface area is 146 Å². The standard InChI is InChI=1S/C21H34O3/c1-17(2)15-6-10-20-9-5-14(21(24,12-20)13-22)11-19(20,4)18(15,3)8-7-16(17)23/h14-15,22,24H,5-13H2,1-4H3/t14-,15?,18-,19+,20-,21-/m1/s1. The second-order valence-electron chi connectivity index (χ2n) is 10.6. The van der Waals surface area contributed by atoms with Crippen molar-refractivity contribution in [2.75, 3.05) is 6.61 Å². The maximum absolute atomic E-state index is 12.6. The summed E-state index contributed by atoms with van der Waals surface area (Å²) in [5, 5.41) is 20.9. The summed E-state index contributed by atoms with van der Waals surface area (Å²) in [6, 6.07) is 0. The van der Waals surface area contributed by atoms with Gasteiger partial charge in [0.05, 0.1) is 12.2 Å². The van der Waals surface area contributed by atoms with Crippen LogP contribution in [0, 0.1) is 33.5 Å². The van der Waals surface area contributed by atoms with Crippen LogP contribution in [-0.4, -0.2) is 28.2 Å². The molecule has 5 saturated carbocycles. The lowest BCUT2D eigenvalue weighted by Crippen LogP contribution is -2.71. The summed E-state index contributed by atoms with van der Waals surface area (Å²) in [7, 11) is 0. The molecule has 3 heteroatoms. The number of rotatable bonds is 1. The number of Topliss-reactive ketones (excluding diaryl/α,β-unsaturated/α-hetero) is 1. The highest BCUT2D eigenvalue weighted by molar-refractivity contribution is 5.85. The zero-order valence-electron chi connectivity index (χ0n) is 15.8. The first-order chi connectivity index (χ1) is 11.0. The predicted octanol–water partition coefficient (Wildman–Crippen LogP) is 3.71. The van der Waals surface area contributed by atoms with E-state index in [1.807, 2.05) is 0 Å². The lowest BCUT2D eigenvalue weighted by Gasteiger charge is -2.75. The van der Waals surface area contributed by atoms with Gasteiger partial charge in [0, 0.05) is 11.8 Å². The minimum atomic E-state index is -0.874. The van der Waals surface area contributed by atoms with Crippen LogP contribution in [0.25, 0.3) is 0 Å². The molecule has 0 saturated heterocycles. The quantitative estimate of drug-likeness (QED) is 0.768. The molecule has 0 heterocycles. The summed E-state index contributed by atoms with van der Waals surface area (Å²) in [5.41, 5.74) is -0.618. The molecule has 24 heavy (non-hydrogen) atoms. The fraction of sp³-hybridized carbons (Fsp3) is 0.952. The number of ketones is 1. The van der Waals surface area contributed by atoms with Crippen LogP contribution < -0.4 is 0 Å². The van der Waals surface area contributed by atoms with Gasteiger partial charge in [0.25, 0.3) is 0 Å². The van der Waals surface area contributed by atoms with E-state index >= 15 is 0 Å². The molecule has 0 aromatic rings. The van der Waals surface area contributed by atoms with Gasteiger partial charge in [-0.1, -0.05) is 27.7 Å². The Morgan fingerprint density at radius 2 is 1.75 bits per heavy atom. The van der Waals surface area contributed by atoms with E-state index < -0.39 is 5.60 Å². The van der Waals surface area contributed by atoms with Crippen LogP contribution in [0.4, 0.5) is 0 Å². The van der Waals surface area contributed by atoms with Crippen LogP contribution in [0.15, 0.2) is 0 Å². The first kappa shape index (κ1) is 17.0. The van der Waals surface area contributed by atoms with Gasteiger partial charge >= 0.3 is 0 Å². The molecule has 0 radical (unpaired) electrons. The molecule has 3 nitrogen and oxygen atoms in total. The number of aliphatic hydroxyl groups is 2. The van der Waals surface area contributed by atoms with Crippen molar-refractivity contribution in [2.24, 2.45) is 33.5 Å². The fourth-order valence-electron chi connectivity index (χ4n) is 8.14. The number of carbonyl (C=O) groups is 1. The van der Waals surface area contributed by atoms with E-state index in [1.165, 1.54) is 6.42 Å². The third-order valence-electron chi connectivity index (χ3n) is 9.88. The van der Waals surface area contributed by atoms with Crippen molar-refractivity contribution in [3.8, 4) is 0 Å². The van der Waals surface area contributed by atoms with Gasteiger partial charge in [0.1, 0.15) is 5.78 Å². The van der Waals surface area contributed by atoms with E-state index in [0.717, 1.165) is 38.5 Å². The van der Waals surface area contributed by atoms with E-state index in [1.54, 1.807) is 0 Å². The molecular formula is C21H34O3. The van der Waals surface area contributed by atoms with Crippen molar-refractivity contribution < 1.29 is 15.0 Å². The highest BCUT2D eigenvalue weighted by atomic mass is 16.3. The molecule has 5 rings (SSSR count). The Hall–Kier alpha value is -0.410. The van der Waals surface area contributed by atoms with E-state index in [-0.39, 0.29) is 34.2 Å². The van der Waals surface area contributed by atoms with Gasteiger partial charge in [-0.3, -0.25) is 4.79 Å². The molecule has 0 aliphatic heterocycles. The van der Waals surface area contributed by atoms with E-state index in [0.29, 0.717) is 18.1 Å². The zero-order valence-corrected chi connectivity index (χ0v) is 15.8. The number of hydrogen-bond donors (Lipinski definition) is 2. The average molecular weight is 335 g/mol. The average Bonchev–Trinajstić information content (AvgIpc) is 2.52. The first-order valence-electron chi connectivity index (χ1n) is 9.91. The van der Waals surface area contributed by atoms with Gasteiger partial charge in [-0.05, 0) is 73.0 Å². The van der Waals surface area contributed by atoms with Gasteiger partial charge in [0.2, 0.25) is 0 Å². The number of fused-ring (bicyclic) bond motifs is 3. The minimum Gasteiger partial charge on any atom is -0.393 e. The molecule has 2 bridgehead atoms. The lowest BCUT2D eigenvalue weighted by atomic mass is 9.30. The molecule has 136 valence electrons. The van der Waals surface area contributed by atoms with Gasteiger partial charge in [-0.2, -0.15) is 0 Å². The maximum Gasteiger partial charge on any atom is 0.138 e.